The first-order chi connectivity index (χ1) is 12.5. The molecular formula is C20H18Cl2N2O2. The lowest BCUT2D eigenvalue weighted by Gasteiger charge is -2.22. The normalized spacial score (nSPS) is 12.1. The maximum Gasteiger partial charge on any atom is 0.220 e. The van der Waals surface area contributed by atoms with E-state index in [2.05, 4.69) is 10.3 Å². The number of benzene rings is 2. The summed E-state index contributed by atoms with van der Waals surface area (Å²) in [5, 5.41) is 15.4. The largest absolute Gasteiger partial charge is 0.505 e. The van der Waals surface area contributed by atoms with Crippen LogP contribution in [0, 0.1) is 0 Å². The lowest BCUT2D eigenvalue weighted by molar-refractivity contribution is -0.121. The molecule has 1 heterocycles. The number of phenols is 1. The van der Waals surface area contributed by atoms with Crippen LogP contribution in [0.3, 0.4) is 0 Å². The molecule has 1 atom stereocenters. The van der Waals surface area contributed by atoms with Crippen molar-refractivity contribution in [3.05, 3.63) is 69.8 Å². The molecule has 0 radical (unpaired) electrons. The van der Waals surface area contributed by atoms with Crippen LogP contribution in [0.4, 0.5) is 0 Å². The predicted octanol–water partition coefficient (Wildman–Crippen LogP) is 5.25. The van der Waals surface area contributed by atoms with E-state index in [9.17, 15) is 9.90 Å². The highest BCUT2D eigenvalue weighted by Crippen LogP contribution is 2.38. The molecule has 0 saturated carbocycles. The topological polar surface area (TPSA) is 62.2 Å². The van der Waals surface area contributed by atoms with Gasteiger partial charge < -0.3 is 10.4 Å². The van der Waals surface area contributed by atoms with E-state index in [-0.39, 0.29) is 11.7 Å². The molecule has 134 valence electrons. The van der Waals surface area contributed by atoms with Crippen LogP contribution in [0.5, 0.6) is 5.75 Å². The fourth-order valence-corrected chi connectivity index (χ4v) is 3.38. The number of carbonyl (C=O) groups excluding carboxylic acids is 1. The Bertz CT molecular complexity index is 960. The van der Waals surface area contributed by atoms with Crippen LogP contribution in [0.25, 0.3) is 10.9 Å². The molecule has 0 spiro atoms. The molecule has 0 saturated heterocycles. The summed E-state index contributed by atoms with van der Waals surface area (Å²) in [6, 6.07) is 11.8. The lowest BCUT2D eigenvalue weighted by atomic mass is 9.96. The Morgan fingerprint density at radius 1 is 1.23 bits per heavy atom. The van der Waals surface area contributed by atoms with Crippen molar-refractivity contribution in [1.29, 1.82) is 0 Å². The third-order valence-corrected chi connectivity index (χ3v) is 4.67. The highest BCUT2D eigenvalue weighted by molar-refractivity contribution is 6.35. The van der Waals surface area contributed by atoms with Gasteiger partial charge in [-0.3, -0.25) is 9.78 Å². The van der Waals surface area contributed by atoms with Crippen molar-refractivity contribution in [2.45, 2.75) is 25.8 Å². The summed E-state index contributed by atoms with van der Waals surface area (Å²) >= 11 is 12.5. The van der Waals surface area contributed by atoms with Gasteiger partial charge in [-0.2, -0.15) is 0 Å². The Hall–Kier alpha value is -2.30. The number of nitrogens with zero attached hydrogens (tertiary/aromatic N) is 1. The third-order valence-electron chi connectivity index (χ3n) is 4.12. The van der Waals surface area contributed by atoms with Gasteiger partial charge in [0.2, 0.25) is 5.91 Å². The van der Waals surface area contributed by atoms with Crippen molar-refractivity contribution in [2.75, 3.05) is 0 Å². The van der Waals surface area contributed by atoms with E-state index in [4.69, 9.17) is 23.2 Å². The molecule has 1 amide bonds. The van der Waals surface area contributed by atoms with E-state index < -0.39 is 6.04 Å². The van der Waals surface area contributed by atoms with Gasteiger partial charge in [0.1, 0.15) is 11.3 Å². The fourth-order valence-electron chi connectivity index (χ4n) is 2.91. The summed E-state index contributed by atoms with van der Waals surface area (Å²) in [6.45, 7) is 1.93. The number of pyridine rings is 1. The third kappa shape index (κ3) is 3.76. The van der Waals surface area contributed by atoms with Crippen LogP contribution in [-0.2, 0) is 4.79 Å². The number of carbonyl (C=O) groups is 1. The van der Waals surface area contributed by atoms with Crippen molar-refractivity contribution in [3.8, 4) is 5.75 Å². The van der Waals surface area contributed by atoms with E-state index >= 15 is 0 Å². The number of rotatable bonds is 5. The minimum absolute atomic E-state index is 0.00762. The van der Waals surface area contributed by atoms with Crippen molar-refractivity contribution >= 4 is 40.0 Å². The number of halogens is 2. The smallest absolute Gasteiger partial charge is 0.220 e. The number of aromatic hydroxyl groups is 1. The highest BCUT2D eigenvalue weighted by Gasteiger charge is 2.23. The van der Waals surface area contributed by atoms with Gasteiger partial charge in [-0.1, -0.05) is 42.3 Å². The molecule has 26 heavy (non-hydrogen) atoms. The first kappa shape index (κ1) is 18.5. The number of nitrogens with one attached hydrogen (secondary N) is 1. The second kappa shape index (κ2) is 7.94. The molecule has 6 heteroatoms. The molecule has 4 nitrogen and oxygen atoms in total. The molecule has 1 aromatic heterocycles. The maximum atomic E-state index is 12.3. The molecule has 0 fully saturated rings. The van der Waals surface area contributed by atoms with Gasteiger partial charge in [0.25, 0.3) is 0 Å². The monoisotopic (exact) mass is 388 g/mol. The van der Waals surface area contributed by atoms with Crippen molar-refractivity contribution < 1.29 is 9.90 Å². The van der Waals surface area contributed by atoms with Gasteiger partial charge in [0.15, 0.2) is 0 Å². The Kier molecular flexibility index (Phi) is 5.64. The number of fused-ring (bicyclic) bond motifs is 1. The second-order valence-electron chi connectivity index (χ2n) is 6.00. The number of hydrogen-bond acceptors (Lipinski definition) is 3. The highest BCUT2D eigenvalue weighted by atomic mass is 35.5. The van der Waals surface area contributed by atoms with Crippen molar-refractivity contribution in [2.24, 2.45) is 0 Å². The molecule has 0 aliphatic rings. The number of hydrogen-bond donors (Lipinski definition) is 2. The summed E-state index contributed by atoms with van der Waals surface area (Å²) in [5.74, 6) is -0.124. The van der Waals surface area contributed by atoms with Crippen LogP contribution in [0.1, 0.15) is 36.9 Å². The fraction of sp³-hybridized carbons (Fsp3) is 0.200. The van der Waals surface area contributed by atoms with Gasteiger partial charge >= 0.3 is 0 Å². The Morgan fingerprint density at radius 2 is 2.04 bits per heavy atom. The van der Waals surface area contributed by atoms with Gasteiger partial charge in [0, 0.05) is 28.6 Å². The molecule has 2 N–H and O–H groups in total. The number of aromatic nitrogens is 1. The van der Waals surface area contributed by atoms with Crippen molar-refractivity contribution in [1.82, 2.24) is 10.3 Å². The predicted molar refractivity (Wildman–Crippen MR) is 105 cm³/mol. The standard InChI is InChI=1S/C20H18Cl2N2O2/c1-2-5-17(25)24-18(12-6-3-7-13(21)10-12)15-11-16(22)14-8-4-9-23-19(14)20(15)26/h3-4,6-11,18,26H,2,5H2,1H3,(H,24,25). The number of amides is 1. The maximum absolute atomic E-state index is 12.3. The van der Waals surface area contributed by atoms with Gasteiger partial charge in [-0.15, -0.1) is 0 Å². The van der Waals surface area contributed by atoms with Gasteiger partial charge in [-0.25, -0.2) is 0 Å². The minimum atomic E-state index is -0.586. The summed E-state index contributed by atoms with van der Waals surface area (Å²) in [7, 11) is 0. The van der Waals surface area contributed by atoms with E-state index in [0.717, 1.165) is 12.0 Å². The Morgan fingerprint density at radius 3 is 2.77 bits per heavy atom. The van der Waals surface area contributed by atoms with Crippen LogP contribution in [0.2, 0.25) is 10.0 Å². The van der Waals surface area contributed by atoms with E-state index in [0.29, 0.717) is 32.9 Å². The lowest BCUT2D eigenvalue weighted by Crippen LogP contribution is -2.29. The quantitative estimate of drug-likeness (QED) is 0.626. The Balaban J connectivity index is 2.16. The zero-order valence-corrected chi connectivity index (χ0v) is 15.7. The average molecular weight is 389 g/mol. The molecule has 2 aromatic carbocycles. The summed E-state index contributed by atoms with van der Waals surface area (Å²) in [5.41, 5.74) is 1.63. The zero-order chi connectivity index (χ0) is 18.7. The van der Waals surface area contributed by atoms with Gasteiger partial charge in [0.05, 0.1) is 11.1 Å². The molecular weight excluding hydrogens is 371 g/mol. The van der Waals surface area contributed by atoms with E-state index in [1.54, 1.807) is 42.6 Å². The van der Waals surface area contributed by atoms with Crippen LogP contribution < -0.4 is 5.32 Å². The number of phenolic OH excluding ortho intramolecular Hbond substituents is 1. The second-order valence-corrected chi connectivity index (χ2v) is 6.84. The summed E-state index contributed by atoms with van der Waals surface area (Å²) in [6.07, 6.45) is 2.70. The van der Waals surface area contributed by atoms with Crippen molar-refractivity contribution in [3.63, 3.8) is 0 Å². The molecule has 0 aliphatic carbocycles. The first-order valence-electron chi connectivity index (χ1n) is 8.32. The minimum Gasteiger partial charge on any atom is -0.505 e. The van der Waals surface area contributed by atoms with Crippen LogP contribution in [-0.4, -0.2) is 16.0 Å². The molecule has 0 bridgehead atoms. The molecule has 3 aromatic rings. The first-order valence-corrected chi connectivity index (χ1v) is 9.07. The molecule has 3 rings (SSSR count). The molecule has 0 aliphatic heterocycles. The summed E-state index contributed by atoms with van der Waals surface area (Å²) in [4.78, 5) is 16.5. The Labute approximate surface area is 161 Å². The van der Waals surface area contributed by atoms with Crippen LogP contribution in [0.15, 0.2) is 48.7 Å². The zero-order valence-electron chi connectivity index (χ0n) is 14.2. The van der Waals surface area contributed by atoms with E-state index in [1.165, 1.54) is 0 Å². The van der Waals surface area contributed by atoms with Gasteiger partial charge in [-0.05, 0) is 42.3 Å². The summed E-state index contributed by atoms with van der Waals surface area (Å²) < 4.78 is 0. The molecule has 1 unspecified atom stereocenters. The SMILES string of the molecule is CCCC(=O)NC(c1cccc(Cl)c1)c1cc(Cl)c2cccnc2c1O. The van der Waals surface area contributed by atoms with E-state index in [1.807, 2.05) is 13.0 Å². The average Bonchev–Trinajstić information content (AvgIpc) is 2.63. The van der Waals surface area contributed by atoms with Crippen LogP contribution >= 0.6 is 23.2 Å².